The zero-order valence-corrected chi connectivity index (χ0v) is 12.1. The second kappa shape index (κ2) is 6.55. The quantitative estimate of drug-likeness (QED) is 0.804. The molecule has 3 heteroatoms. The van der Waals surface area contributed by atoms with Gasteiger partial charge in [0.2, 0.25) is 5.91 Å². The van der Waals surface area contributed by atoms with Gasteiger partial charge in [-0.05, 0) is 11.1 Å². The largest absolute Gasteiger partial charge is 0.336 e. The first-order valence-electron chi connectivity index (χ1n) is 7.39. The van der Waals surface area contributed by atoms with Crippen LogP contribution in [-0.4, -0.2) is 35.3 Å². The van der Waals surface area contributed by atoms with E-state index in [1.165, 1.54) is 11.1 Å². The molecular weight excluding hydrogens is 261 g/mol. The van der Waals surface area contributed by atoms with Crippen LogP contribution in [0, 0.1) is 0 Å². The van der Waals surface area contributed by atoms with E-state index in [4.69, 9.17) is 0 Å². The van der Waals surface area contributed by atoms with Crippen molar-refractivity contribution in [1.82, 2.24) is 9.80 Å². The Morgan fingerprint density at radius 3 is 1.90 bits per heavy atom. The standard InChI is InChI=1S/C18H20N2O/c21-18-15-19(13-16-7-3-1-4-8-16)11-12-20(18)14-17-9-5-2-6-10-17/h1-10H,11-15H2/i18+1. The number of piperazine rings is 1. The zero-order valence-electron chi connectivity index (χ0n) is 12.1. The van der Waals surface area contributed by atoms with Gasteiger partial charge >= 0.3 is 0 Å². The molecule has 1 saturated heterocycles. The Bertz CT molecular complexity index is 583. The molecule has 1 amide bonds. The van der Waals surface area contributed by atoms with Crippen LogP contribution in [0.15, 0.2) is 60.7 Å². The summed E-state index contributed by atoms with van der Waals surface area (Å²) in [5.74, 6) is 0.223. The van der Waals surface area contributed by atoms with Crippen LogP contribution < -0.4 is 0 Å². The molecule has 3 rings (SSSR count). The average Bonchev–Trinajstić information content (AvgIpc) is 2.52. The normalized spacial score (nSPS) is 16.2. The minimum absolute atomic E-state index is 0.223. The average molecular weight is 281 g/mol. The van der Waals surface area contributed by atoms with Gasteiger partial charge in [0.25, 0.3) is 0 Å². The summed E-state index contributed by atoms with van der Waals surface area (Å²) in [5.41, 5.74) is 2.46. The monoisotopic (exact) mass is 281 g/mol. The molecule has 0 N–H and O–H groups in total. The molecule has 1 aliphatic heterocycles. The summed E-state index contributed by atoms with van der Waals surface area (Å²) >= 11 is 0. The van der Waals surface area contributed by atoms with E-state index < -0.39 is 0 Å². The molecule has 0 saturated carbocycles. The first kappa shape index (κ1) is 13.8. The van der Waals surface area contributed by atoms with E-state index in [-0.39, 0.29) is 5.91 Å². The molecule has 1 fully saturated rings. The van der Waals surface area contributed by atoms with Gasteiger partial charge in [-0.25, -0.2) is 0 Å². The van der Waals surface area contributed by atoms with Crippen molar-refractivity contribution in [3.8, 4) is 0 Å². The molecule has 21 heavy (non-hydrogen) atoms. The van der Waals surface area contributed by atoms with Gasteiger partial charge < -0.3 is 4.90 Å². The predicted octanol–water partition coefficient (Wildman–Crippen LogP) is 2.53. The van der Waals surface area contributed by atoms with E-state index in [1.807, 2.05) is 41.3 Å². The Labute approximate surface area is 125 Å². The summed E-state index contributed by atoms with van der Waals surface area (Å²) < 4.78 is 0. The molecule has 1 heterocycles. The lowest BCUT2D eigenvalue weighted by Crippen LogP contribution is -2.49. The fourth-order valence-electron chi connectivity index (χ4n) is 2.70. The van der Waals surface area contributed by atoms with Crippen molar-refractivity contribution < 1.29 is 4.79 Å². The molecule has 0 bridgehead atoms. The number of amides is 1. The first-order valence-corrected chi connectivity index (χ1v) is 7.39. The van der Waals surface area contributed by atoms with Gasteiger partial charge in [-0.15, -0.1) is 0 Å². The van der Waals surface area contributed by atoms with Crippen molar-refractivity contribution in [2.75, 3.05) is 19.6 Å². The molecule has 2 aromatic carbocycles. The molecule has 0 radical (unpaired) electrons. The summed E-state index contributed by atoms with van der Waals surface area (Å²) in [5, 5.41) is 0. The van der Waals surface area contributed by atoms with Crippen LogP contribution in [0.25, 0.3) is 0 Å². The topological polar surface area (TPSA) is 23.6 Å². The molecule has 3 nitrogen and oxygen atoms in total. The molecule has 0 aromatic heterocycles. The minimum Gasteiger partial charge on any atom is -0.336 e. The number of hydrogen-bond acceptors (Lipinski definition) is 2. The predicted molar refractivity (Wildman–Crippen MR) is 83.6 cm³/mol. The number of rotatable bonds is 4. The van der Waals surface area contributed by atoms with Gasteiger partial charge in [0.1, 0.15) is 0 Å². The van der Waals surface area contributed by atoms with Crippen molar-refractivity contribution in [2.24, 2.45) is 0 Å². The highest BCUT2D eigenvalue weighted by molar-refractivity contribution is 5.79. The third kappa shape index (κ3) is 3.70. The van der Waals surface area contributed by atoms with Crippen LogP contribution in [0.2, 0.25) is 0 Å². The van der Waals surface area contributed by atoms with E-state index in [2.05, 4.69) is 29.2 Å². The number of hydrogen-bond donors (Lipinski definition) is 0. The van der Waals surface area contributed by atoms with Gasteiger partial charge in [0, 0.05) is 26.2 Å². The van der Waals surface area contributed by atoms with Crippen LogP contribution in [0.3, 0.4) is 0 Å². The maximum absolute atomic E-state index is 12.3. The highest BCUT2D eigenvalue weighted by atomic mass is 16.2. The number of carbonyl (C=O) groups is 1. The van der Waals surface area contributed by atoms with Gasteiger partial charge in [-0.1, -0.05) is 60.7 Å². The summed E-state index contributed by atoms with van der Waals surface area (Å²) in [6.07, 6.45) is 0. The van der Waals surface area contributed by atoms with Crippen molar-refractivity contribution >= 4 is 5.91 Å². The van der Waals surface area contributed by atoms with E-state index in [0.717, 1.165) is 26.2 Å². The molecule has 0 unspecified atom stereocenters. The number of nitrogens with zero attached hydrogens (tertiary/aromatic N) is 2. The van der Waals surface area contributed by atoms with Crippen LogP contribution in [-0.2, 0) is 17.9 Å². The summed E-state index contributed by atoms with van der Waals surface area (Å²) in [6, 6.07) is 20.5. The maximum Gasteiger partial charge on any atom is 0.237 e. The molecular formula is C18H20N2O. The molecule has 0 spiro atoms. The molecule has 0 atom stereocenters. The highest BCUT2D eigenvalue weighted by Crippen LogP contribution is 2.12. The summed E-state index contributed by atoms with van der Waals surface area (Å²) in [4.78, 5) is 16.5. The number of benzene rings is 2. The maximum atomic E-state index is 12.3. The summed E-state index contributed by atoms with van der Waals surface area (Å²) in [6.45, 7) is 3.83. The third-order valence-electron chi connectivity index (χ3n) is 3.86. The van der Waals surface area contributed by atoms with Gasteiger partial charge in [-0.3, -0.25) is 9.69 Å². The van der Waals surface area contributed by atoms with Gasteiger partial charge in [0.05, 0.1) is 6.54 Å². The van der Waals surface area contributed by atoms with Crippen molar-refractivity contribution in [3.63, 3.8) is 0 Å². The van der Waals surface area contributed by atoms with E-state index in [1.54, 1.807) is 0 Å². The van der Waals surface area contributed by atoms with Crippen molar-refractivity contribution in [2.45, 2.75) is 13.1 Å². The van der Waals surface area contributed by atoms with Crippen LogP contribution in [0.4, 0.5) is 0 Å². The molecule has 108 valence electrons. The first-order chi connectivity index (χ1) is 10.3. The van der Waals surface area contributed by atoms with Crippen LogP contribution in [0.1, 0.15) is 11.1 Å². The smallest absolute Gasteiger partial charge is 0.237 e. The van der Waals surface area contributed by atoms with Crippen molar-refractivity contribution in [1.29, 1.82) is 0 Å². The Balaban J connectivity index is 1.56. The molecule has 1 aliphatic rings. The lowest BCUT2D eigenvalue weighted by atomic mass is 10.2. The van der Waals surface area contributed by atoms with E-state index >= 15 is 0 Å². The SMILES string of the molecule is O=[13C]1CN(Cc2ccccc2)CCN1Cc1ccccc1. The summed E-state index contributed by atoms with van der Waals surface area (Å²) in [7, 11) is 0. The Morgan fingerprint density at radius 1 is 0.762 bits per heavy atom. The third-order valence-corrected chi connectivity index (χ3v) is 3.86. The zero-order chi connectivity index (χ0) is 14.5. The second-order valence-corrected chi connectivity index (χ2v) is 5.50. The highest BCUT2D eigenvalue weighted by Gasteiger charge is 2.23. The minimum atomic E-state index is 0.223. The van der Waals surface area contributed by atoms with Gasteiger partial charge in [0.15, 0.2) is 0 Å². The van der Waals surface area contributed by atoms with E-state index in [0.29, 0.717) is 6.54 Å². The fraction of sp³-hybridized carbons (Fsp3) is 0.278. The second-order valence-electron chi connectivity index (χ2n) is 5.50. The molecule has 2 aromatic rings. The fourth-order valence-corrected chi connectivity index (χ4v) is 2.70. The van der Waals surface area contributed by atoms with Crippen LogP contribution >= 0.6 is 0 Å². The lowest BCUT2D eigenvalue weighted by Gasteiger charge is -2.34. The Morgan fingerprint density at radius 2 is 1.33 bits per heavy atom. The molecule has 0 aliphatic carbocycles. The van der Waals surface area contributed by atoms with Crippen molar-refractivity contribution in [3.05, 3.63) is 71.8 Å². The van der Waals surface area contributed by atoms with E-state index in [9.17, 15) is 4.79 Å². The Hall–Kier alpha value is -2.13. The number of carbonyl (C=O) groups excluding carboxylic acids is 1. The van der Waals surface area contributed by atoms with Crippen LogP contribution in [0.5, 0.6) is 0 Å². The van der Waals surface area contributed by atoms with Gasteiger partial charge in [-0.2, -0.15) is 0 Å². The Kier molecular flexibility index (Phi) is 4.31. The lowest BCUT2D eigenvalue weighted by molar-refractivity contribution is -0.136.